The lowest BCUT2D eigenvalue weighted by Crippen LogP contribution is -2.05. The molecule has 0 saturated carbocycles. The molecule has 0 fully saturated rings. The quantitative estimate of drug-likeness (QED) is 0.298. The van der Waals surface area contributed by atoms with Gasteiger partial charge < -0.3 is 4.90 Å². The summed E-state index contributed by atoms with van der Waals surface area (Å²) < 4.78 is 4.99. The molecule has 10 heavy (non-hydrogen) atoms. The molecule has 0 spiro atoms. The van der Waals surface area contributed by atoms with Crippen molar-refractivity contribution in [2.75, 3.05) is 13.7 Å². The minimum absolute atomic E-state index is 0.672. The van der Waals surface area contributed by atoms with E-state index in [-0.39, 0.29) is 0 Å². The summed E-state index contributed by atoms with van der Waals surface area (Å²) in [5.74, 6) is 2.81. The molecule has 0 unspecified atom stereocenters. The second kappa shape index (κ2) is 3.14. The van der Waals surface area contributed by atoms with Gasteiger partial charge in [-0.2, -0.15) is 6.08 Å². The molecule has 0 amide bonds. The van der Waals surface area contributed by atoms with Crippen molar-refractivity contribution < 1.29 is 4.42 Å². The molecule has 54 valence electrons. The molecule has 0 N–H and O–H groups in total. The molecule has 0 aromatic rings. The minimum atomic E-state index is 0.672. The van der Waals surface area contributed by atoms with Crippen molar-refractivity contribution in [2.24, 2.45) is 0 Å². The van der Waals surface area contributed by atoms with Crippen LogP contribution in [0.4, 0.5) is 0 Å². The van der Waals surface area contributed by atoms with E-state index in [9.17, 15) is 0 Å². The van der Waals surface area contributed by atoms with E-state index in [1.807, 2.05) is 37.6 Å². The Morgan fingerprint density at radius 1 is 1.80 bits per heavy atom. The van der Waals surface area contributed by atoms with Crippen LogP contribution in [0.15, 0.2) is 18.0 Å². The highest BCUT2D eigenvalue weighted by Gasteiger charge is 1.98. The van der Waals surface area contributed by atoms with Gasteiger partial charge in [0, 0.05) is 12.6 Å². The van der Waals surface area contributed by atoms with Gasteiger partial charge in [0.1, 0.15) is 0 Å². The van der Waals surface area contributed by atoms with E-state index in [1.54, 1.807) is 0 Å². The number of hydrogen-bond acceptors (Lipinski definition) is 1. The minimum Gasteiger partial charge on any atom is -0.411 e. The maximum Gasteiger partial charge on any atom is 0.257 e. The molecular weight excluding hydrogens is 126 g/mol. The number of rotatable bonds is 1. The van der Waals surface area contributed by atoms with Gasteiger partial charge in [-0.25, -0.2) is 0 Å². The van der Waals surface area contributed by atoms with Crippen LogP contribution >= 0.6 is 0 Å². The van der Waals surface area contributed by atoms with Crippen molar-refractivity contribution in [1.29, 1.82) is 0 Å². The molecule has 0 aromatic heterocycles. The van der Waals surface area contributed by atoms with Gasteiger partial charge in [-0.1, -0.05) is 6.20 Å². The second-order valence-corrected chi connectivity index (χ2v) is 2.04. The normalized spacial score (nSPS) is 15.0. The molecular formula is C8H11NO. The zero-order chi connectivity index (χ0) is 7.40. The third-order valence-corrected chi connectivity index (χ3v) is 1.26. The lowest BCUT2D eigenvalue weighted by molar-refractivity contribution is 0.126. The summed E-state index contributed by atoms with van der Waals surface area (Å²) in [6.45, 7) is 2.61. The molecule has 0 bridgehead atoms. The fourth-order valence-corrected chi connectivity index (χ4v) is 0.713. The molecule has 1 rings (SSSR count). The van der Waals surface area contributed by atoms with E-state index in [2.05, 4.69) is 5.94 Å². The highest BCUT2D eigenvalue weighted by atomic mass is 16.4. The average molecular weight is 137 g/mol. The molecule has 2 heteroatoms. The van der Waals surface area contributed by atoms with Crippen LogP contribution in [-0.4, -0.2) is 24.5 Å². The lowest BCUT2D eigenvalue weighted by Gasteiger charge is -2.10. The first-order valence-corrected chi connectivity index (χ1v) is 3.33. The Morgan fingerprint density at radius 2 is 2.60 bits per heavy atom. The third kappa shape index (κ3) is 1.42. The van der Waals surface area contributed by atoms with Crippen LogP contribution in [0.3, 0.4) is 0 Å². The van der Waals surface area contributed by atoms with Crippen molar-refractivity contribution >= 4 is 5.94 Å². The zero-order valence-corrected chi connectivity index (χ0v) is 6.29. The summed E-state index contributed by atoms with van der Waals surface area (Å²) in [4.78, 5) is 1.95. The van der Waals surface area contributed by atoms with Gasteiger partial charge in [0.2, 0.25) is 5.94 Å². The van der Waals surface area contributed by atoms with Gasteiger partial charge in [0.15, 0.2) is 0 Å². The molecule has 0 radical (unpaired) electrons. The number of allylic oxidation sites excluding steroid dienone is 1. The Kier molecular flexibility index (Phi) is 2.19. The van der Waals surface area contributed by atoms with Crippen LogP contribution in [0.2, 0.25) is 0 Å². The summed E-state index contributed by atoms with van der Waals surface area (Å²) in [6.07, 6.45) is 5.87. The summed E-state index contributed by atoms with van der Waals surface area (Å²) in [5.41, 5.74) is 0.974. The van der Waals surface area contributed by atoms with Crippen LogP contribution in [0.1, 0.15) is 6.92 Å². The number of hydrogen-bond donors (Lipinski definition) is 0. The Labute approximate surface area is 61.1 Å². The molecule has 0 aromatic carbocycles. The van der Waals surface area contributed by atoms with Crippen LogP contribution in [0.25, 0.3) is 0 Å². The van der Waals surface area contributed by atoms with Crippen molar-refractivity contribution in [3.05, 3.63) is 24.4 Å². The van der Waals surface area contributed by atoms with Crippen LogP contribution in [0.5, 0.6) is 0 Å². The van der Waals surface area contributed by atoms with Crippen LogP contribution in [-0.2, 0) is 4.42 Å². The highest BCUT2D eigenvalue weighted by molar-refractivity contribution is 5.58. The lowest BCUT2D eigenvalue weighted by atomic mass is 10.4. The molecule has 1 aliphatic heterocycles. The van der Waals surface area contributed by atoms with Crippen molar-refractivity contribution in [3.63, 3.8) is 0 Å². The van der Waals surface area contributed by atoms with E-state index < -0.39 is 0 Å². The summed E-state index contributed by atoms with van der Waals surface area (Å²) in [7, 11) is 1.96. The number of carbonyl (C=O) groups excluding carboxylic acids is 1. The predicted octanol–water partition coefficient (Wildman–Crippen LogP) is 0.921. The van der Waals surface area contributed by atoms with Gasteiger partial charge in [0.05, 0.1) is 0 Å². The first-order chi connectivity index (χ1) is 4.84. The monoisotopic (exact) mass is 137 g/mol. The Hall–Kier alpha value is -1.14. The van der Waals surface area contributed by atoms with Crippen molar-refractivity contribution in [1.82, 2.24) is 4.90 Å². The Morgan fingerprint density at radius 3 is 3.10 bits per heavy atom. The molecule has 0 saturated heterocycles. The largest absolute Gasteiger partial charge is 0.411 e. The fraction of sp³-hybridized carbons (Fsp3) is 0.375. The van der Waals surface area contributed by atoms with Crippen molar-refractivity contribution in [2.45, 2.75) is 6.92 Å². The molecule has 0 atom stereocenters. The van der Waals surface area contributed by atoms with E-state index in [4.69, 9.17) is 4.42 Å². The maximum atomic E-state index is 4.99. The van der Waals surface area contributed by atoms with E-state index in [1.165, 1.54) is 0 Å². The topological polar surface area (TPSA) is 14.5 Å². The number of nitrogens with zero attached hydrogens (tertiary/aromatic N) is 1. The van der Waals surface area contributed by atoms with E-state index in [0.717, 1.165) is 5.70 Å². The SMILES string of the molecule is CC[O+]=C=C1[CH-]C=CN1C. The third-order valence-electron chi connectivity index (χ3n) is 1.26. The smallest absolute Gasteiger partial charge is 0.257 e. The summed E-state index contributed by atoms with van der Waals surface area (Å²) >= 11 is 0. The van der Waals surface area contributed by atoms with Crippen LogP contribution < -0.4 is 0 Å². The van der Waals surface area contributed by atoms with E-state index >= 15 is 0 Å². The first kappa shape index (κ1) is 6.97. The maximum absolute atomic E-state index is 4.99. The van der Waals surface area contributed by atoms with Gasteiger partial charge in [-0.15, -0.1) is 6.42 Å². The fourth-order valence-electron chi connectivity index (χ4n) is 0.713. The standard InChI is InChI=1S/C8H11NO/c1-3-10-7-8-5-4-6-9(8)2/h4-6H,3H2,1-2H3. The van der Waals surface area contributed by atoms with Crippen LogP contribution in [0, 0.1) is 6.42 Å². The summed E-state index contributed by atoms with van der Waals surface area (Å²) in [5, 5.41) is 0. The van der Waals surface area contributed by atoms with Gasteiger partial charge >= 0.3 is 0 Å². The average Bonchev–Trinajstić information content (AvgIpc) is 2.31. The van der Waals surface area contributed by atoms with Gasteiger partial charge in [-0.3, -0.25) is 4.42 Å². The Balaban J connectivity index is 2.67. The van der Waals surface area contributed by atoms with Gasteiger partial charge in [-0.05, 0) is 7.05 Å². The Bertz CT molecular complexity index is 199. The molecule has 0 aliphatic carbocycles. The second-order valence-electron chi connectivity index (χ2n) is 2.04. The molecule has 1 aliphatic rings. The zero-order valence-electron chi connectivity index (χ0n) is 6.29. The van der Waals surface area contributed by atoms with Gasteiger partial charge in [0.25, 0.3) is 6.61 Å². The molecule has 2 nitrogen and oxygen atoms in total. The molecule has 1 heterocycles. The predicted molar refractivity (Wildman–Crippen MR) is 41.0 cm³/mol. The first-order valence-electron chi connectivity index (χ1n) is 3.33. The summed E-state index contributed by atoms with van der Waals surface area (Å²) in [6, 6.07) is 0. The van der Waals surface area contributed by atoms with E-state index in [0.29, 0.717) is 6.61 Å². The highest BCUT2D eigenvalue weighted by Crippen LogP contribution is 2.10. The van der Waals surface area contributed by atoms with Crippen molar-refractivity contribution in [3.8, 4) is 0 Å².